The van der Waals surface area contributed by atoms with Gasteiger partial charge in [-0.05, 0) is 12.1 Å². The first-order valence-corrected chi connectivity index (χ1v) is 7.38. The van der Waals surface area contributed by atoms with Gasteiger partial charge in [-0.3, -0.25) is 9.11 Å². The molecule has 0 aromatic heterocycles. The number of rotatable bonds is 2. The molecular weight excluding hydrogens is 277 g/mol. The summed E-state index contributed by atoms with van der Waals surface area (Å²) in [6, 6.07) is 3.84. The SMILES string of the molecule is Nc1cccc(C(F)(F)F)c1CN1CCS(=O)CC1. The van der Waals surface area contributed by atoms with Crippen molar-refractivity contribution < 1.29 is 17.4 Å². The van der Waals surface area contributed by atoms with Crippen LogP contribution >= 0.6 is 0 Å². The van der Waals surface area contributed by atoms with E-state index >= 15 is 0 Å². The number of halogens is 3. The van der Waals surface area contributed by atoms with Gasteiger partial charge in [0, 0.05) is 53.2 Å². The van der Waals surface area contributed by atoms with Crippen LogP contribution in [-0.2, 0) is 23.5 Å². The van der Waals surface area contributed by atoms with E-state index in [4.69, 9.17) is 5.73 Å². The Labute approximate surface area is 112 Å². The van der Waals surface area contributed by atoms with Crippen molar-refractivity contribution in [2.45, 2.75) is 12.7 Å². The quantitative estimate of drug-likeness (QED) is 0.846. The van der Waals surface area contributed by atoms with Gasteiger partial charge in [-0.15, -0.1) is 0 Å². The van der Waals surface area contributed by atoms with Crippen molar-refractivity contribution in [1.29, 1.82) is 0 Å². The third-order valence-electron chi connectivity index (χ3n) is 3.17. The van der Waals surface area contributed by atoms with Crippen LogP contribution in [0.25, 0.3) is 0 Å². The monoisotopic (exact) mass is 292 g/mol. The lowest BCUT2D eigenvalue weighted by Crippen LogP contribution is -2.37. The first kappa shape index (κ1) is 14.3. The molecule has 1 aliphatic heterocycles. The molecule has 0 amide bonds. The Kier molecular flexibility index (Phi) is 4.15. The van der Waals surface area contributed by atoms with E-state index in [1.165, 1.54) is 12.1 Å². The summed E-state index contributed by atoms with van der Waals surface area (Å²) in [5.41, 5.74) is 5.26. The number of alkyl halides is 3. The molecule has 0 saturated carbocycles. The Morgan fingerprint density at radius 3 is 2.47 bits per heavy atom. The summed E-state index contributed by atoms with van der Waals surface area (Å²) in [6.07, 6.45) is -4.40. The van der Waals surface area contributed by atoms with E-state index in [2.05, 4.69) is 0 Å². The van der Waals surface area contributed by atoms with Crippen molar-refractivity contribution in [2.24, 2.45) is 0 Å². The van der Waals surface area contributed by atoms with E-state index in [0.717, 1.165) is 6.07 Å². The number of nitrogens with two attached hydrogens (primary N) is 1. The summed E-state index contributed by atoms with van der Waals surface area (Å²) in [5, 5.41) is 0. The highest BCUT2D eigenvalue weighted by Gasteiger charge is 2.34. The average Bonchev–Trinajstić information content (AvgIpc) is 2.33. The Morgan fingerprint density at radius 1 is 1.26 bits per heavy atom. The molecule has 0 atom stereocenters. The third-order valence-corrected chi connectivity index (χ3v) is 4.45. The van der Waals surface area contributed by atoms with Gasteiger partial charge in [0.25, 0.3) is 0 Å². The van der Waals surface area contributed by atoms with Crippen LogP contribution in [0.3, 0.4) is 0 Å². The van der Waals surface area contributed by atoms with Gasteiger partial charge < -0.3 is 5.73 Å². The van der Waals surface area contributed by atoms with Crippen molar-refractivity contribution >= 4 is 16.5 Å². The molecule has 3 nitrogen and oxygen atoms in total. The molecule has 0 bridgehead atoms. The van der Waals surface area contributed by atoms with Crippen LogP contribution in [0.1, 0.15) is 11.1 Å². The van der Waals surface area contributed by atoms with Gasteiger partial charge in [-0.1, -0.05) is 6.07 Å². The number of anilines is 1. The fraction of sp³-hybridized carbons (Fsp3) is 0.500. The summed E-state index contributed by atoms with van der Waals surface area (Å²) >= 11 is 0. The van der Waals surface area contributed by atoms with Crippen molar-refractivity contribution in [3.63, 3.8) is 0 Å². The molecule has 2 N–H and O–H groups in total. The van der Waals surface area contributed by atoms with E-state index in [-0.39, 0.29) is 17.8 Å². The second-order valence-electron chi connectivity index (χ2n) is 4.50. The zero-order valence-corrected chi connectivity index (χ0v) is 11.1. The number of benzene rings is 1. The van der Waals surface area contributed by atoms with E-state index in [1.54, 1.807) is 0 Å². The van der Waals surface area contributed by atoms with E-state index in [9.17, 15) is 17.4 Å². The Balaban J connectivity index is 2.22. The second-order valence-corrected chi connectivity index (χ2v) is 6.19. The molecule has 7 heteroatoms. The van der Waals surface area contributed by atoms with Crippen LogP contribution < -0.4 is 5.73 Å². The molecule has 1 heterocycles. The van der Waals surface area contributed by atoms with Crippen molar-refractivity contribution in [1.82, 2.24) is 4.90 Å². The van der Waals surface area contributed by atoms with E-state index in [0.29, 0.717) is 24.6 Å². The lowest BCUT2D eigenvalue weighted by atomic mass is 10.0. The van der Waals surface area contributed by atoms with Crippen LogP contribution in [0.15, 0.2) is 18.2 Å². The number of nitrogen functional groups attached to an aromatic ring is 1. The second kappa shape index (κ2) is 5.50. The van der Waals surface area contributed by atoms with Crippen LogP contribution in [0.4, 0.5) is 18.9 Å². The molecule has 1 saturated heterocycles. The summed E-state index contributed by atoms with van der Waals surface area (Å²) < 4.78 is 50.0. The zero-order chi connectivity index (χ0) is 14.0. The average molecular weight is 292 g/mol. The van der Waals surface area contributed by atoms with E-state index in [1.807, 2.05) is 4.90 Å². The molecule has 106 valence electrons. The first-order chi connectivity index (χ1) is 8.88. The highest BCUT2D eigenvalue weighted by molar-refractivity contribution is 7.85. The summed E-state index contributed by atoms with van der Waals surface area (Å²) in [6.45, 7) is 1.23. The first-order valence-electron chi connectivity index (χ1n) is 5.90. The molecule has 1 aromatic carbocycles. The van der Waals surface area contributed by atoms with Gasteiger partial charge in [0.1, 0.15) is 0 Å². The molecule has 1 aromatic rings. The van der Waals surface area contributed by atoms with Crippen molar-refractivity contribution in [3.8, 4) is 0 Å². The van der Waals surface area contributed by atoms with Crippen molar-refractivity contribution in [2.75, 3.05) is 30.3 Å². The van der Waals surface area contributed by atoms with Gasteiger partial charge in [0.15, 0.2) is 0 Å². The standard InChI is InChI=1S/C12H15F3N2OS/c13-12(14,15)10-2-1-3-11(16)9(10)8-17-4-6-19(18)7-5-17/h1-3H,4-8,16H2. The molecule has 0 radical (unpaired) electrons. The smallest absolute Gasteiger partial charge is 0.398 e. The largest absolute Gasteiger partial charge is 0.416 e. The molecule has 0 aliphatic carbocycles. The lowest BCUT2D eigenvalue weighted by Gasteiger charge is -2.27. The van der Waals surface area contributed by atoms with Gasteiger partial charge in [-0.2, -0.15) is 13.2 Å². The Morgan fingerprint density at radius 2 is 1.89 bits per heavy atom. The van der Waals surface area contributed by atoms with Gasteiger partial charge in [0.2, 0.25) is 0 Å². The van der Waals surface area contributed by atoms with Gasteiger partial charge >= 0.3 is 6.18 Å². The fourth-order valence-corrected chi connectivity index (χ4v) is 3.23. The van der Waals surface area contributed by atoms with Crippen LogP contribution in [-0.4, -0.2) is 33.7 Å². The molecule has 1 fully saturated rings. The minimum absolute atomic E-state index is 0.114. The Hall–Kier alpha value is -1.08. The molecule has 1 aliphatic rings. The maximum absolute atomic E-state index is 12.9. The molecule has 19 heavy (non-hydrogen) atoms. The summed E-state index contributed by atoms with van der Waals surface area (Å²) in [4.78, 5) is 1.86. The minimum Gasteiger partial charge on any atom is -0.398 e. The third kappa shape index (κ3) is 3.48. The predicted molar refractivity (Wildman–Crippen MR) is 69.0 cm³/mol. The fourth-order valence-electron chi connectivity index (χ4n) is 2.10. The summed E-state index contributed by atoms with van der Waals surface area (Å²) in [7, 11) is -0.842. The number of hydrogen-bond donors (Lipinski definition) is 1. The molecular formula is C12H15F3N2OS. The van der Waals surface area contributed by atoms with Gasteiger partial charge in [-0.25, -0.2) is 0 Å². The predicted octanol–water partition coefficient (Wildman–Crippen LogP) is 1.85. The lowest BCUT2D eigenvalue weighted by molar-refractivity contribution is -0.138. The highest BCUT2D eigenvalue weighted by atomic mass is 32.2. The molecule has 0 spiro atoms. The Bertz CT molecular complexity index is 480. The van der Waals surface area contributed by atoms with Crippen molar-refractivity contribution in [3.05, 3.63) is 29.3 Å². The molecule has 2 rings (SSSR count). The minimum atomic E-state index is -4.40. The maximum Gasteiger partial charge on any atom is 0.416 e. The van der Waals surface area contributed by atoms with Gasteiger partial charge in [0.05, 0.1) is 5.56 Å². The van der Waals surface area contributed by atoms with Crippen LogP contribution in [0.5, 0.6) is 0 Å². The van der Waals surface area contributed by atoms with Crippen LogP contribution in [0, 0.1) is 0 Å². The molecule has 0 unspecified atom stereocenters. The topological polar surface area (TPSA) is 46.3 Å². The zero-order valence-electron chi connectivity index (χ0n) is 10.2. The highest BCUT2D eigenvalue weighted by Crippen LogP contribution is 2.34. The number of hydrogen-bond acceptors (Lipinski definition) is 3. The normalized spacial score (nSPS) is 18.7. The summed E-state index contributed by atoms with van der Waals surface area (Å²) in [5.74, 6) is 1.02. The van der Waals surface area contributed by atoms with E-state index < -0.39 is 22.5 Å². The maximum atomic E-state index is 12.9. The number of nitrogens with zero attached hydrogens (tertiary/aromatic N) is 1. The van der Waals surface area contributed by atoms with Crippen LogP contribution in [0.2, 0.25) is 0 Å².